The third-order valence-electron chi connectivity index (χ3n) is 1.41. The van der Waals surface area contributed by atoms with Gasteiger partial charge in [0.25, 0.3) is 0 Å². The molecule has 0 aliphatic carbocycles. The van der Waals surface area contributed by atoms with Crippen LogP contribution in [0.5, 0.6) is 0 Å². The Kier molecular flexibility index (Phi) is 2.56. The van der Waals surface area contributed by atoms with Gasteiger partial charge in [-0.3, -0.25) is 0 Å². The van der Waals surface area contributed by atoms with Crippen LogP contribution in [0.2, 0.25) is 0 Å². The number of hydrogen-bond acceptors (Lipinski definition) is 3. The molecule has 1 aromatic heterocycles. The van der Waals surface area contributed by atoms with Gasteiger partial charge in [-0.05, 0) is 0 Å². The fourth-order valence-corrected chi connectivity index (χ4v) is 0.919. The third-order valence-corrected chi connectivity index (χ3v) is 1.41. The first kappa shape index (κ1) is 10.2. The molecule has 0 unspecified atom stereocenters. The molecule has 0 spiro atoms. The van der Waals surface area contributed by atoms with Crippen LogP contribution in [0.1, 0.15) is 11.4 Å². The second kappa shape index (κ2) is 3.49. The zero-order valence-electron chi connectivity index (χ0n) is 6.91. The number of alkyl halides is 3. The van der Waals surface area contributed by atoms with Crippen molar-refractivity contribution in [2.24, 2.45) is 0 Å². The molecule has 0 saturated carbocycles. The summed E-state index contributed by atoms with van der Waals surface area (Å²) in [4.78, 5) is 0. The maximum Gasteiger partial charge on any atom is 0.436 e. The minimum absolute atomic E-state index is 0.135. The molecule has 4 nitrogen and oxygen atoms in total. The SMILES string of the molecule is C=CCn1nnc(C#N)c1C(F)(F)F. The first-order valence-corrected chi connectivity index (χ1v) is 3.52. The molecule has 0 fully saturated rings. The average Bonchev–Trinajstić information content (AvgIpc) is 2.47. The van der Waals surface area contributed by atoms with Gasteiger partial charge in [-0.1, -0.05) is 11.3 Å². The Hall–Kier alpha value is -1.84. The van der Waals surface area contributed by atoms with Crippen LogP contribution in [0.25, 0.3) is 0 Å². The van der Waals surface area contributed by atoms with Crippen molar-refractivity contribution in [3.63, 3.8) is 0 Å². The van der Waals surface area contributed by atoms with Crippen molar-refractivity contribution in [2.75, 3.05) is 0 Å². The second-order valence-corrected chi connectivity index (χ2v) is 2.37. The van der Waals surface area contributed by atoms with E-state index in [2.05, 4.69) is 16.9 Å². The lowest BCUT2D eigenvalue weighted by molar-refractivity contribution is -0.144. The fraction of sp³-hybridized carbons (Fsp3) is 0.286. The summed E-state index contributed by atoms with van der Waals surface area (Å²) in [6.07, 6.45) is -3.39. The van der Waals surface area contributed by atoms with Crippen LogP contribution >= 0.6 is 0 Å². The van der Waals surface area contributed by atoms with Crippen LogP contribution in [0.3, 0.4) is 0 Å². The van der Waals surface area contributed by atoms with Gasteiger partial charge in [0.05, 0.1) is 6.54 Å². The standard InChI is InChI=1S/C7H5F3N4/c1-2-3-14-6(7(8,9)10)5(4-11)12-13-14/h2H,1,3H2. The van der Waals surface area contributed by atoms with Crippen LogP contribution in [0.15, 0.2) is 12.7 Å². The Bertz CT molecular complexity index is 385. The normalized spacial score (nSPS) is 11.0. The summed E-state index contributed by atoms with van der Waals surface area (Å²) in [5, 5.41) is 14.7. The lowest BCUT2D eigenvalue weighted by Crippen LogP contribution is -2.15. The molecule has 0 amide bonds. The maximum atomic E-state index is 12.4. The van der Waals surface area contributed by atoms with E-state index in [1.54, 1.807) is 0 Å². The summed E-state index contributed by atoms with van der Waals surface area (Å²) in [7, 11) is 0. The van der Waals surface area contributed by atoms with Gasteiger partial charge in [0, 0.05) is 0 Å². The van der Waals surface area contributed by atoms with E-state index in [-0.39, 0.29) is 6.54 Å². The molecule has 0 N–H and O–H groups in total. The molecule has 0 saturated heterocycles. The topological polar surface area (TPSA) is 54.5 Å². The summed E-state index contributed by atoms with van der Waals surface area (Å²) in [5.41, 5.74) is -1.86. The predicted molar refractivity (Wildman–Crippen MR) is 39.9 cm³/mol. The lowest BCUT2D eigenvalue weighted by atomic mass is 10.3. The molecule has 7 heteroatoms. The smallest absolute Gasteiger partial charge is 0.235 e. The largest absolute Gasteiger partial charge is 0.436 e. The molecule has 0 atom stereocenters. The zero-order valence-corrected chi connectivity index (χ0v) is 6.91. The number of halogens is 3. The molecule has 1 rings (SSSR count). The number of aromatic nitrogens is 3. The van der Waals surface area contributed by atoms with Crippen molar-refractivity contribution >= 4 is 0 Å². The van der Waals surface area contributed by atoms with E-state index in [1.807, 2.05) is 0 Å². The van der Waals surface area contributed by atoms with E-state index < -0.39 is 17.6 Å². The van der Waals surface area contributed by atoms with Gasteiger partial charge < -0.3 is 0 Å². The van der Waals surface area contributed by atoms with Crippen molar-refractivity contribution < 1.29 is 13.2 Å². The van der Waals surface area contributed by atoms with E-state index in [9.17, 15) is 13.2 Å². The van der Waals surface area contributed by atoms with Crippen LogP contribution in [0, 0.1) is 11.3 Å². The number of allylic oxidation sites excluding steroid dienone is 1. The molecule has 0 bridgehead atoms. The van der Waals surface area contributed by atoms with Crippen molar-refractivity contribution in [2.45, 2.75) is 12.7 Å². The summed E-state index contributed by atoms with van der Waals surface area (Å²) in [6, 6.07) is 1.33. The quantitative estimate of drug-likeness (QED) is 0.680. The van der Waals surface area contributed by atoms with Crippen LogP contribution < -0.4 is 0 Å². The molecular weight excluding hydrogens is 197 g/mol. The molecule has 0 aromatic carbocycles. The Balaban J connectivity index is 3.28. The van der Waals surface area contributed by atoms with Gasteiger partial charge in [0.2, 0.25) is 0 Å². The van der Waals surface area contributed by atoms with Gasteiger partial charge in [0.1, 0.15) is 6.07 Å². The Morgan fingerprint density at radius 3 is 2.64 bits per heavy atom. The Morgan fingerprint density at radius 1 is 1.57 bits per heavy atom. The second-order valence-electron chi connectivity index (χ2n) is 2.37. The van der Waals surface area contributed by atoms with Crippen LogP contribution in [-0.4, -0.2) is 15.0 Å². The van der Waals surface area contributed by atoms with Crippen molar-refractivity contribution in [3.8, 4) is 6.07 Å². The van der Waals surface area contributed by atoms with Crippen molar-refractivity contribution in [1.82, 2.24) is 15.0 Å². The Morgan fingerprint density at radius 2 is 2.21 bits per heavy atom. The van der Waals surface area contributed by atoms with Gasteiger partial charge in [-0.2, -0.15) is 18.4 Å². The van der Waals surface area contributed by atoms with E-state index >= 15 is 0 Å². The summed E-state index contributed by atoms with van der Waals surface area (Å²) >= 11 is 0. The zero-order chi connectivity index (χ0) is 10.8. The predicted octanol–water partition coefficient (Wildman–Crippen LogP) is 1.35. The molecule has 1 heterocycles. The fourth-order valence-electron chi connectivity index (χ4n) is 0.919. The Labute approximate surface area is 77.3 Å². The van der Waals surface area contributed by atoms with Crippen LogP contribution in [0.4, 0.5) is 13.2 Å². The van der Waals surface area contributed by atoms with E-state index in [4.69, 9.17) is 5.26 Å². The minimum atomic E-state index is -4.63. The van der Waals surface area contributed by atoms with E-state index in [1.165, 1.54) is 12.1 Å². The molecule has 14 heavy (non-hydrogen) atoms. The molecule has 0 aliphatic rings. The lowest BCUT2D eigenvalue weighted by Gasteiger charge is -2.06. The average molecular weight is 202 g/mol. The van der Waals surface area contributed by atoms with Gasteiger partial charge in [-0.15, -0.1) is 11.7 Å². The van der Waals surface area contributed by atoms with Crippen LogP contribution in [-0.2, 0) is 12.7 Å². The highest BCUT2D eigenvalue weighted by Crippen LogP contribution is 2.30. The van der Waals surface area contributed by atoms with Crippen molar-refractivity contribution in [3.05, 3.63) is 24.0 Å². The highest BCUT2D eigenvalue weighted by molar-refractivity contribution is 5.27. The third kappa shape index (κ3) is 1.74. The van der Waals surface area contributed by atoms with Gasteiger partial charge >= 0.3 is 6.18 Å². The molecule has 0 aliphatic heterocycles. The van der Waals surface area contributed by atoms with E-state index in [0.29, 0.717) is 4.68 Å². The first-order valence-electron chi connectivity index (χ1n) is 3.52. The molecular formula is C7H5F3N4. The molecule has 1 aromatic rings. The summed E-state index contributed by atoms with van der Waals surface area (Å²) in [5.74, 6) is 0. The summed E-state index contributed by atoms with van der Waals surface area (Å²) < 4.78 is 37.7. The first-order chi connectivity index (χ1) is 6.50. The molecule has 74 valence electrons. The minimum Gasteiger partial charge on any atom is -0.235 e. The van der Waals surface area contributed by atoms with Gasteiger partial charge in [-0.25, -0.2) is 4.68 Å². The van der Waals surface area contributed by atoms with Gasteiger partial charge in [0.15, 0.2) is 11.4 Å². The monoisotopic (exact) mass is 202 g/mol. The van der Waals surface area contributed by atoms with Crippen molar-refractivity contribution in [1.29, 1.82) is 5.26 Å². The number of hydrogen-bond donors (Lipinski definition) is 0. The van der Waals surface area contributed by atoms with E-state index in [0.717, 1.165) is 0 Å². The number of nitriles is 1. The maximum absolute atomic E-state index is 12.4. The molecule has 0 radical (unpaired) electrons. The highest BCUT2D eigenvalue weighted by atomic mass is 19.4. The number of rotatable bonds is 2. The summed E-state index contributed by atoms with van der Waals surface area (Å²) in [6.45, 7) is 3.14. The highest BCUT2D eigenvalue weighted by Gasteiger charge is 2.39. The number of nitrogens with zero attached hydrogens (tertiary/aromatic N) is 4.